The number of nitrogens with zero attached hydrogens (tertiary/aromatic N) is 1. The standard InChI is InChI=1S/C26H22BrClN2O3S/c1-3-17-6-4-5-7-22(17)30-25(31)21(29-26(30)34)13-16-8-10-23(32-2)18(12-16)15-33-24-11-9-19(27)14-20(24)28/h4-14H,3,15H2,1-2H3,(H,29,34)/b21-13+. The van der Waals surface area contributed by atoms with Gasteiger partial charge in [0.25, 0.3) is 5.91 Å². The van der Waals surface area contributed by atoms with Crippen LogP contribution in [0.2, 0.25) is 5.02 Å². The number of hydrogen-bond donors (Lipinski definition) is 1. The molecule has 0 unspecified atom stereocenters. The van der Waals surface area contributed by atoms with Gasteiger partial charge in [-0.2, -0.15) is 0 Å². The summed E-state index contributed by atoms with van der Waals surface area (Å²) < 4.78 is 12.3. The van der Waals surface area contributed by atoms with Gasteiger partial charge in [0, 0.05) is 10.0 Å². The van der Waals surface area contributed by atoms with Crippen molar-refractivity contribution in [3.8, 4) is 11.5 Å². The summed E-state index contributed by atoms with van der Waals surface area (Å²) in [5.41, 5.74) is 3.88. The number of para-hydroxylation sites is 1. The van der Waals surface area contributed by atoms with Crippen molar-refractivity contribution in [1.82, 2.24) is 5.32 Å². The van der Waals surface area contributed by atoms with Crippen LogP contribution >= 0.6 is 39.7 Å². The topological polar surface area (TPSA) is 50.8 Å². The van der Waals surface area contributed by atoms with Crippen molar-refractivity contribution in [2.24, 2.45) is 0 Å². The maximum absolute atomic E-state index is 13.2. The molecule has 0 bridgehead atoms. The Hall–Kier alpha value is -2.87. The van der Waals surface area contributed by atoms with Crippen LogP contribution in [0.25, 0.3) is 6.08 Å². The third-order valence-electron chi connectivity index (χ3n) is 5.38. The van der Waals surface area contributed by atoms with Gasteiger partial charge in [0.15, 0.2) is 5.11 Å². The summed E-state index contributed by atoms with van der Waals surface area (Å²) in [5, 5.41) is 3.92. The predicted octanol–water partition coefficient (Wildman–Crippen LogP) is 6.51. The molecule has 174 valence electrons. The van der Waals surface area contributed by atoms with Gasteiger partial charge in [0.1, 0.15) is 23.8 Å². The van der Waals surface area contributed by atoms with Crippen LogP contribution in [-0.4, -0.2) is 18.1 Å². The van der Waals surface area contributed by atoms with Gasteiger partial charge in [-0.1, -0.05) is 58.7 Å². The molecule has 0 radical (unpaired) electrons. The monoisotopic (exact) mass is 556 g/mol. The van der Waals surface area contributed by atoms with E-state index in [1.807, 2.05) is 48.5 Å². The summed E-state index contributed by atoms with van der Waals surface area (Å²) in [5.74, 6) is 1.05. The molecule has 5 nitrogen and oxygen atoms in total. The van der Waals surface area contributed by atoms with Crippen LogP contribution in [0.3, 0.4) is 0 Å². The van der Waals surface area contributed by atoms with Crippen LogP contribution < -0.4 is 19.7 Å². The Kier molecular flexibility index (Phi) is 7.56. The van der Waals surface area contributed by atoms with Crippen molar-refractivity contribution in [2.45, 2.75) is 20.0 Å². The Labute approximate surface area is 217 Å². The first-order valence-corrected chi connectivity index (χ1v) is 12.2. The zero-order chi connectivity index (χ0) is 24.2. The fraction of sp³-hybridized carbons (Fsp3) is 0.154. The van der Waals surface area contributed by atoms with Crippen molar-refractivity contribution in [3.63, 3.8) is 0 Å². The number of thiocarbonyl (C=S) groups is 1. The Balaban J connectivity index is 1.59. The molecule has 0 atom stereocenters. The minimum atomic E-state index is -0.193. The second-order valence-electron chi connectivity index (χ2n) is 7.55. The predicted molar refractivity (Wildman–Crippen MR) is 143 cm³/mol. The summed E-state index contributed by atoms with van der Waals surface area (Å²) in [4.78, 5) is 14.8. The fourth-order valence-corrected chi connectivity index (χ4v) is 4.72. The third kappa shape index (κ3) is 5.12. The maximum atomic E-state index is 13.2. The number of carbonyl (C=O) groups excluding carboxylic acids is 1. The van der Waals surface area contributed by atoms with Crippen LogP contribution in [0, 0.1) is 0 Å². The van der Waals surface area contributed by atoms with Crippen molar-refractivity contribution in [3.05, 3.63) is 92.5 Å². The quantitative estimate of drug-likeness (QED) is 0.265. The molecule has 34 heavy (non-hydrogen) atoms. The van der Waals surface area contributed by atoms with Gasteiger partial charge in [-0.15, -0.1) is 0 Å². The zero-order valence-electron chi connectivity index (χ0n) is 18.6. The number of halogens is 2. The molecule has 1 fully saturated rings. The van der Waals surface area contributed by atoms with Crippen LogP contribution in [-0.2, 0) is 17.8 Å². The smallest absolute Gasteiger partial charge is 0.281 e. The second kappa shape index (κ2) is 10.6. The highest BCUT2D eigenvalue weighted by molar-refractivity contribution is 9.10. The third-order valence-corrected chi connectivity index (χ3v) is 6.46. The van der Waals surface area contributed by atoms with Gasteiger partial charge in [0.2, 0.25) is 0 Å². The Morgan fingerprint density at radius 2 is 1.85 bits per heavy atom. The van der Waals surface area contributed by atoms with Crippen molar-refractivity contribution < 1.29 is 14.3 Å². The van der Waals surface area contributed by atoms with Gasteiger partial charge < -0.3 is 14.8 Å². The summed E-state index contributed by atoms with van der Waals surface area (Å²) in [6, 6.07) is 18.8. The molecule has 4 rings (SSSR count). The molecular formula is C26H22BrClN2O3S. The Morgan fingerprint density at radius 3 is 2.59 bits per heavy atom. The highest BCUT2D eigenvalue weighted by atomic mass is 79.9. The van der Waals surface area contributed by atoms with Crippen LogP contribution in [0.1, 0.15) is 23.6 Å². The molecule has 3 aromatic rings. The highest BCUT2D eigenvalue weighted by Crippen LogP contribution is 2.31. The molecule has 0 saturated carbocycles. The van der Waals surface area contributed by atoms with E-state index in [0.29, 0.717) is 27.3 Å². The number of carbonyl (C=O) groups is 1. The van der Waals surface area contributed by atoms with Gasteiger partial charge in [0.05, 0.1) is 17.8 Å². The lowest BCUT2D eigenvalue weighted by Crippen LogP contribution is -2.31. The van der Waals surface area contributed by atoms with E-state index in [9.17, 15) is 4.79 Å². The number of ether oxygens (including phenoxy) is 2. The molecule has 1 aliphatic rings. The molecule has 1 aliphatic heterocycles. The fourth-order valence-electron chi connectivity index (χ4n) is 3.70. The molecular weight excluding hydrogens is 536 g/mol. The lowest BCUT2D eigenvalue weighted by molar-refractivity contribution is -0.113. The van der Waals surface area contributed by atoms with E-state index in [2.05, 4.69) is 28.2 Å². The van der Waals surface area contributed by atoms with Gasteiger partial charge in [-0.25, -0.2) is 0 Å². The minimum Gasteiger partial charge on any atom is -0.496 e. The molecule has 3 aromatic carbocycles. The number of hydrogen-bond acceptors (Lipinski definition) is 4. The number of methoxy groups -OCH3 is 1. The van der Waals surface area contributed by atoms with Gasteiger partial charge in [-0.05, 0) is 72.2 Å². The average Bonchev–Trinajstić information content (AvgIpc) is 3.11. The molecule has 1 amide bonds. The number of benzene rings is 3. The van der Waals surface area contributed by atoms with Crippen molar-refractivity contribution in [2.75, 3.05) is 12.0 Å². The molecule has 0 aromatic heterocycles. The lowest BCUT2D eigenvalue weighted by atomic mass is 10.1. The summed E-state index contributed by atoms with van der Waals surface area (Å²) in [7, 11) is 1.60. The normalized spacial score (nSPS) is 14.5. The lowest BCUT2D eigenvalue weighted by Gasteiger charge is -2.17. The number of aryl methyl sites for hydroxylation is 1. The second-order valence-corrected chi connectivity index (χ2v) is 9.26. The van der Waals surface area contributed by atoms with E-state index in [-0.39, 0.29) is 12.5 Å². The first-order chi connectivity index (χ1) is 16.4. The molecule has 1 heterocycles. The Morgan fingerprint density at radius 1 is 1.09 bits per heavy atom. The van der Waals surface area contributed by atoms with E-state index in [1.54, 1.807) is 30.2 Å². The molecule has 1 saturated heterocycles. The summed E-state index contributed by atoms with van der Waals surface area (Å²) in [6.45, 7) is 2.30. The molecule has 1 N–H and O–H groups in total. The highest BCUT2D eigenvalue weighted by Gasteiger charge is 2.33. The largest absolute Gasteiger partial charge is 0.496 e. The summed E-state index contributed by atoms with van der Waals surface area (Å²) in [6.07, 6.45) is 2.57. The number of anilines is 1. The van der Waals surface area contributed by atoms with Crippen molar-refractivity contribution in [1.29, 1.82) is 0 Å². The SMILES string of the molecule is CCc1ccccc1N1C(=O)/C(=C\c2ccc(OC)c(COc3ccc(Br)cc3Cl)c2)NC1=S. The molecule has 0 aliphatic carbocycles. The van der Waals surface area contributed by atoms with Gasteiger partial charge in [-0.3, -0.25) is 9.69 Å². The first-order valence-electron chi connectivity index (χ1n) is 10.6. The molecule has 8 heteroatoms. The minimum absolute atomic E-state index is 0.193. The summed E-state index contributed by atoms with van der Waals surface area (Å²) >= 11 is 15.1. The van der Waals surface area contributed by atoms with E-state index < -0.39 is 0 Å². The number of nitrogens with one attached hydrogen (secondary N) is 1. The van der Waals surface area contributed by atoms with Crippen LogP contribution in [0.4, 0.5) is 5.69 Å². The zero-order valence-corrected chi connectivity index (χ0v) is 21.8. The van der Waals surface area contributed by atoms with E-state index >= 15 is 0 Å². The van der Waals surface area contributed by atoms with E-state index in [4.69, 9.17) is 33.3 Å². The van der Waals surface area contributed by atoms with E-state index in [1.165, 1.54) is 0 Å². The average molecular weight is 558 g/mol. The number of amides is 1. The van der Waals surface area contributed by atoms with Crippen LogP contribution in [0.15, 0.2) is 70.8 Å². The maximum Gasteiger partial charge on any atom is 0.281 e. The van der Waals surface area contributed by atoms with Crippen LogP contribution in [0.5, 0.6) is 11.5 Å². The van der Waals surface area contributed by atoms with Gasteiger partial charge >= 0.3 is 0 Å². The van der Waals surface area contributed by atoms with Crippen molar-refractivity contribution >= 4 is 62.5 Å². The van der Waals surface area contributed by atoms with E-state index in [0.717, 1.165) is 33.3 Å². The first kappa shape index (κ1) is 24.3. The molecule has 0 spiro atoms. The Bertz CT molecular complexity index is 1290. The number of rotatable bonds is 7.